The van der Waals surface area contributed by atoms with Crippen LogP contribution in [0.3, 0.4) is 0 Å². The topological polar surface area (TPSA) is 95.1 Å². The van der Waals surface area contributed by atoms with E-state index in [0.717, 1.165) is 10.9 Å². The molecule has 1 aromatic heterocycles. The highest BCUT2D eigenvalue weighted by molar-refractivity contribution is 6.06. The van der Waals surface area contributed by atoms with Crippen LogP contribution in [0.1, 0.15) is 29.3 Å². The van der Waals surface area contributed by atoms with Gasteiger partial charge in [-0.3, -0.25) is 9.89 Å². The van der Waals surface area contributed by atoms with Gasteiger partial charge in [-0.05, 0) is 38.0 Å². The van der Waals surface area contributed by atoms with E-state index >= 15 is 0 Å². The van der Waals surface area contributed by atoms with E-state index in [4.69, 9.17) is 5.11 Å². The lowest BCUT2D eigenvalue weighted by molar-refractivity contribution is -0.139. The summed E-state index contributed by atoms with van der Waals surface area (Å²) in [5, 5.41) is 19.2. The Bertz CT molecular complexity index is 703. The zero-order valence-electron chi connectivity index (χ0n) is 11.9. The number of amides is 1. The minimum atomic E-state index is -1.06. The van der Waals surface area contributed by atoms with Crippen molar-refractivity contribution in [1.29, 1.82) is 0 Å². The van der Waals surface area contributed by atoms with Crippen molar-refractivity contribution in [3.63, 3.8) is 0 Å². The third-order valence-electron chi connectivity index (χ3n) is 3.15. The summed E-state index contributed by atoms with van der Waals surface area (Å²) in [6.07, 6.45) is 5.34. The number of nitrogens with one attached hydrogen (secondary N) is 2. The number of allylic oxidation sites excluding steroid dienone is 1. The number of H-pyrrole nitrogens is 1. The molecule has 0 aliphatic carbocycles. The summed E-state index contributed by atoms with van der Waals surface area (Å²) in [6.45, 7) is 3.67. The number of carbonyl (C=O) groups is 2. The second kappa shape index (κ2) is 6.21. The van der Waals surface area contributed by atoms with Crippen molar-refractivity contribution >= 4 is 22.8 Å². The molecule has 6 heteroatoms. The molecule has 0 aliphatic heterocycles. The van der Waals surface area contributed by atoms with Crippen LogP contribution in [-0.4, -0.2) is 33.2 Å². The Kier molecular flexibility index (Phi) is 4.37. The number of rotatable bonds is 5. The number of aromatic nitrogens is 2. The Hall–Kier alpha value is -2.63. The van der Waals surface area contributed by atoms with E-state index in [1.165, 1.54) is 0 Å². The largest absolute Gasteiger partial charge is 0.480 e. The number of fused-ring (bicyclic) bond motifs is 1. The minimum absolute atomic E-state index is 0.246. The van der Waals surface area contributed by atoms with Gasteiger partial charge in [-0.2, -0.15) is 5.10 Å². The Morgan fingerprint density at radius 3 is 2.90 bits per heavy atom. The normalized spacial score (nSPS) is 12.7. The summed E-state index contributed by atoms with van der Waals surface area (Å²) in [7, 11) is 0. The number of hydrogen-bond acceptors (Lipinski definition) is 3. The Morgan fingerprint density at radius 2 is 2.24 bits per heavy atom. The van der Waals surface area contributed by atoms with Crippen molar-refractivity contribution in [3.05, 3.63) is 41.6 Å². The summed E-state index contributed by atoms with van der Waals surface area (Å²) in [6, 6.07) is 2.67. The number of aromatic amines is 1. The van der Waals surface area contributed by atoms with Crippen molar-refractivity contribution in [2.24, 2.45) is 0 Å². The lowest BCUT2D eigenvalue weighted by Crippen LogP contribution is -2.40. The number of benzene rings is 1. The number of carbonyl (C=O) groups excluding carboxylic acids is 1. The molecule has 21 heavy (non-hydrogen) atoms. The lowest BCUT2D eigenvalue weighted by Gasteiger charge is -2.13. The Labute approximate surface area is 121 Å². The van der Waals surface area contributed by atoms with Gasteiger partial charge in [-0.1, -0.05) is 12.2 Å². The molecule has 1 heterocycles. The van der Waals surface area contributed by atoms with Crippen LogP contribution in [0.5, 0.6) is 0 Å². The zero-order valence-corrected chi connectivity index (χ0v) is 11.9. The standard InChI is InChI=1S/C15H17N3O3/c1-3-4-5-12(15(20)21)17-14(19)11-7-9(2)6-10-8-16-18-13(10)11/h3-4,6-8,12H,5H2,1-2H3,(H,16,18)(H,17,19)(H,20,21)/b4-3+. The molecule has 2 aromatic rings. The molecule has 0 spiro atoms. The van der Waals surface area contributed by atoms with Crippen LogP contribution in [0.25, 0.3) is 10.9 Å². The molecule has 1 unspecified atom stereocenters. The molecule has 0 saturated heterocycles. The number of hydrogen-bond donors (Lipinski definition) is 3. The molecular formula is C15H17N3O3. The molecule has 110 valence electrons. The van der Waals surface area contributed by atoms with Crippen molar-refractivity contribution in [2.45, 2.75) is 26.3 Å². The molecule has 2 rings (SSSR count). The van der Waals surface area contributed by atoms with Crippen molar-refractivity contribution in [3.8, 4) is 0 Å². The third kappa shape index (κ3) is 3.28. The average Bonchev–Trinajstić information content (AvgIpc) is 2.89. The molecule has 0 fully saturated rings. The van der Waals surface area contributed by atoms with Crippen molar-refractivity contribution < 1.29 is 14.7 Å². The first-order valence-corrected chi connectivity index (χ1v) is 6.61. The van der Waals surface area contributed by atoms with E-state index in [1.807, 2.05) is 13.0 Å². The predicted molar refractivity (Wildman–Crippen MR) is 79.2 cm³/mol. The maximum atomic E-state index is 12.3. The van der Waals surface area contributed by atoms with Gasteiger partial charge >= 0.3 is 5.97 Å². The van der Waals surface area contributed by atoms with Gasteiger partial charge in [0.25, 0.3) is 5.91 Å². The SMILES string of the molecule is C/C=C/CC(NC(=O)c1cc(C)cc2cn[nH]c12)C(=O)O. The van der Waals surface area contributed by atoms with Crippen molar-refractivity contribution in [2.75, 3.05) is 0 Å². The molecule has 1 aromatic carbocycles. The smallest absolute Gasteiger partial charge is 0.326 e. The summed E-state index contributed by atoms with van der Waals surface area (Å²) in [5.74, 6) is -1.49. The molecule has 0 aliphatic rings. The van der Waals surface area contributed by atoms with Crippen LogP contribution in [0.15, 0.2) is 30.5 Å². The summed E-state index contributed by atoms with van der Waals surface area (Å²) in [4.78, 5) is 23.5. The first-order valence-electron chi connectivity index (χ1n) is 6.61. The Morgan fingerprint density at radius 1 is 1.48 bits per heavy atom. The average molecular weight is 287 g/mol. The van der Waals surface area contributed by atoms with Crippen LogP contribution in [0.2, 0.25) is 0 Å². The first-order chi connectivity index (χ1) is 10.0. The highest BCUT2D eigenvalue weighted by Gasteiger charge is 2.21. The van der Waals surface area contributed by atoms with E-state index < -0.39 is 17.9 Å². The molecule has 0 radical (unpaired) electrons. The third-order valence-corrected chi connectivity index (χ3v) is 3.15. The summed E-state index contributed by atoms with van der Waals surface area (Å²) >= 11 is 0. The molecule has 1 atom stereocenters. The molecule has 6 nitrogen and oxygen atoms in total. The Balaban J connectivity index is 2.29. The molecule has 3 N–H and O–H groups in total. The fourth-order valence-electron chi connectivity index (χ4n) is 2.12. The zero-order chi connectivity index (χ0) is 15.4. The van der Waals surface area contributed by atoms with Gasteiger partial charge in [0, 0.05) is 5.39 Å². The van der Waals surface area contributed by atoms with Crippen molar-refractivity contribution in [1.82, 2.24) is 15.5 Å². The van der Waals surface area contributed by atoms with Crippen LogP contribution >= 0.6 is 0 Å². The van der Waals surface area contributed by atoms with Gasteiger partial charge in [0.1, 0.15) is 6.04 Å². The lowest BCUT2D eigenvalue weighted by atomic mass is 10.1. The fraction of sp³-hybridized carbons (Fsp3) is 0.267. The van der Waals surface area contributed by atoms with E-state index in [1.54, 1.807) is 31.3 Å². The second-order valence-electron chi connectivity index (χ2n) is 4.82. The number of nitrogens with zero attached hydrogens (tertiary/aromatic N) is 1. The highest BCUT2D eigenvalue weighted by atomic mass is 16.4. The second-order valence-corrected chi connectivity index (χ2v) is 4.82. The molecule has 0 bridgehead atoms. The fourth-order valence-corrected chi connectivity index (χ4v) is 2.12. The molecule has 1 amide bonds. The van der Waals surface area contributed by atoms with Crippen LogP contribution < -0.4 is 5.32 Å². The van der Waals surface area contributed by atoms with Gasteiger partial charge in [-0.25, -0.2) is 4.79 Å². The number of carboxylic acid groups (broad SMARTS) is 1. The summed E-state index contributed by atoms with van der Waals surface area (Å²) < 4.78 is 0. The predicted octanol–water partition coefficient (Wildman–Crippen LogP) is 2.02. The number of aryl methyl sites for hydroxylation is 1. The van der Waals surface area contributed by atoms with E-state index in [0.29, 0.717) is 11.1 Å². The van der Waals surface area contributed by atoms with Gasteiger partial charge in [0.05, 0.1) is 17.3 Å². The van der Waals surface area contributed by atoms with Gasteiger partial charge in [0.2, 0.25) is 0 Å². The van der Waals surface area contributed by atoms with Crippen LogP contribution in [0.4, 0.5) is 0 Å². The van der Waals surface area contributed by atoms with Gasteiger partial charge < -0.3 is 10.4 Å². The van der Waals surface area contributed by atoms with Gasteiger partial charge in [-0.15, -0.1) is 0 Å². The van der Waals surface area contributed by atoms with E-state index in [9.17, 15) is 9.59 Å². The number of carboxylic acids is 1. The molecule has 0 saturated carbocycles. The van der Waals surface area contributed by atoms with Crippen LogP contribution in [0, 0.1) is 6.92 Å². The summed E-state index contributed by atoms with van der Waals surface area (Å²) in [5.41, 5.74) is 1.91. The quantitative estimate of drug-likeness (QED) is 0.733. The maximum Gasteiger partial charge on any atom is 0.326 e. The van der Waals surface area contributed by atoms with Gasteiger partial charge in [0.15, 0.2) is 0 Å². The monoisotopic (exact) mass is 287 g/mol. The minimum Gasteiger partial charge on any atom is -0.480 e. The molecular weight excluding hydrogens is 270 g/mol. The van der Waals surface area contributed by atoms with E-state index in [2.05, 4.69) is 15.5 Å². The van der Waals surface area contributed by atoms with Crippen LogP contribution in [-0.2, 0) is 4.79 Å². The van der Waals surface area contributed by atoms with E-state index in [-0.39, 0.29) is 6.42 Å². The highest BCUT2D eigenvalue weighted by Crippen LogP contribution is 2.18. The number of aliphatic carboxylic acids is 1. The first kappa shape index (κ1) is 14.8. The maximum absolute atomic E-state index is 12.3.